The van der Waals surface area contributed by atoms with E-state index < -0.39 is 35.1 Å². The van der Waals surface area contributed by atoms with Crippen LogP contribution in [0.4, 0.5) is 8.78 Å². The molecule has 0 spiro atoms. The predicted molar refractivity (Wildman–Crippen MR) is 105 cm³/mol. The maximum atomic E-state index is 14.0. The van der Waals surface area contributed by atoms with Gasteiger partial charge in [-0.15, -0.1) is 0 Å². The second kappa shape index (κ2) is 8.73. The summed E-state index contributed by atoms with van der Waals surface area (Å²) in [5.41, 5.74) is 0.478. The van der Waals surface area contributed by atoms with Crippen LogP contribution in [-0.4, -0.2) is 26.8 Å². The SMILES string of the molecule is CCc1ccc(C(CC(=O)O)NC(=O)c2cc(=O)n(-c3ccc(F)cc3F)[nH]2)cc1. The number of rotatable bonds is 7. The number of aryl methyl sites for hydroxylation is 1. The number of carboxylic acid groups (broad SMARTS) is 1. The molecule has 2 aromatic carbocycles. The van der Waals surface area contributed by atoms with Gasteiger partial charge in [-0.25, -0.2) is 13.5 Å². The van der Waals surface area contributed by atoms with Crippen LogP contribution < -0.4 is 10.9 Å². The summed E-state index contributed by atoms with van der Waals surface area (Å²) in [5, 5.41) is 14.2. The lowest BCUT2D eigenvalue weighted by Crippen LogP contribution is -2.30. The van der Waals surface area contributed by atoms with E-state index in [1.807, 2.05) is 19.1 Å². The second-order valence-corrected chi connectivity index (χ2v) is 6.66. The molecule has 1 atom stereocenters. The Morgan fingerprint density at radius 2 is 1.83 bits per heavy atom. The van der Waals surface area contributed by atoms with E-state index in [2.05, 4.69) is 10.4 Å². The highest BCUT2D eigenvalue weighted by Crippen LogP contribution is 2.19. The minimum absolute atomic E-state index is 0.190. The van der Waals surface area contributed by atoms with Crippen molar-refractivity contribution in [2.24, 2.45) is 0 Å². The number of carbonyl (C=O) groups is 2. The van der Waals surface area contributed by atoms with Gasteiger partial charge in [0.05, 0.1) is 12.5 Å². The number of nitrogens with zero attached hydrogens (tertiary/aromatic N) is 1. The van der Waals surface area contributed by atoms with E-state index in [-0.39, 0.29) is 17.8 Å². The lowest BCUT2D eigenvalue weighted by Gasteiger charge is -2.17. The largest absolute Gasteiger partial charge is 0.481 e. The molecular formula is C21H19F2N3O4. The number of hydrogen-bond donors (Lipinski definition) is 3. The molecule has 0 aliphatic heterocycles. The van der Waals surface area contributed by atoms with E-state index in [1.54, 1.807) is 12.1 Å². The van der Waals surface area contributed by atoms with Crippen LogP contribution in [0.3, 0.4) is 0 Å². The number of carboxylic acids is 1. The molecule has 156 valence electrons. The van der Waals surface area contributed by atoms with Gasteiger partial charge in [0.2, 0.25) is 0 Å². The molecule has 1 amide bonds. The summed E-state index contributed by atoms with van der Waals surface area (Å²) in [6, 6.07) is 9.92. The molecule has 7 nitrogen and oxygen atoms in total. The van der Waals surface area contributed by atoms with Gasteiger partial charge in [0, 0.05) is 12.1 Å². The van der Waals surface area contributed by atoms with Crippen LogP contribution >= 0.6 is 0 Å². The zero-order chi connectivity index (χ0) is 21.8. The standard InChI is InChI=1S/C21H19F2N3O4/c1-2-12-3-5-13(6-4-12)16(11-20(28)29)24-21(30)17-10-19(27)26(25-17)18-8-7-14(22)9-15(18)23/h3-10,16,25H,2,11H2,1H3,(H,24,30)(H,28,29). The monoisotopic (exact) mass is 415 g/mol. The number of aliphatic carboxylic acids is 1. The summed E-state index contributed by atoms with van der Waals surface area (Å²) in [7, 11) is 0. The van der Waals surface area contributed by atoms with Crippen molar-refractivity contribution < 1.29 is 23.5 Å². The quantitative estimate of drug-likeness (QED) is 0.552. The Morgan fingerprint density at radius 3 is 2.43 bits per heavy atom. The van der Waals surface area contributed by atoms with Crippen molar-refractivity contribution in [2.45, 2.75) is 25.8 Å². The van der Waals surface area contributed by atoms with Crippen molar-refractivity contribution in [3.05, 3.63) is 87.3 Å². The van der Waals surface area contributed by atoms with Gasteiger partial charge in [-0.1, -0.05) is 31.2 Å². The zero-order valence-corrected chi connectivity index (χ0v) is 16.0. The van der Waals surface area contributed by atoms with Crippen LogP contribution in [0.2, 0.25) is 0 Å². The number of amides is 1. The summed E-state index contributed by atoms with van der Waals surface area (Å²) in [4.78, 5) is 36.1. The topological polar surface area (TPSA) is 104 Å². The minimum Gasteiger partial charge on any atom is -0.481 e. The Balaban J connectivity index is 1.87. The number of H-pyrrole nitrogens is 1. The lowest BCUT2D eigenvalue weighted by atomic mass is 10.0. The van der Waals surface area contributed by atoms with Crippen molar-refractivity contribution >= 4 is 11.9 Å². The van der Waals surface area contributed by atoms with Crippen LogP contribution in [-0.2, 0) is 11.2 Å². The minimum atomic E-state index is -1.11. The van der Waals surface area contributed by atoms with Crippen LogP contribution in [0.5, 0.6) is 0 Å². The molecule has 0 radical (unpaired) electrons. The number of hydrogen-bond acceptors (Lipinski definition) is 3. The highest BCUT2D eigenvalue weighted by atomic mass is 19.1. The fourth-order valence-corrected chi connectivity index (χ4v) is 3.00. The fraction of sp³-hybridized carbons (Fsp3) is 0.190. The number of aromatic amines is 1. The molecule has 0 saturated carbocycles. The smallest absolute Gasteiger partial charge is 0.305 e. The average molecular weight is 415 g/mol. The van der Waals surface area contributed by atoms with Crippen LogP contribution in [0.15, 0.2) is 53.3 Å². The molecule has 0 fully saturated rings. The number of halogens is 2. The molecule has 0 aliphatic rings. The third-order valence-corrected chi connectivity index (χ3v) is 4.59. The van der Waals surface area contributed by atoms with Crippen molar-refractivity contribution in [1.82, 2.24) is 15.1 Å². The van der Waals surface area contributed by atoms with Gasteiger partial charge in [0.25, 0.3) is 11.5 Å². The fourth-order valence-electron chi connectivity index (χ4n) is 3.00. The third kappa shape index (κ3) is 4.62. The van der Waals surface area contributed by atoms with E-state index in [0.29, 0.717) is 11.6 Å². The first kappa shape index (κ1) is 21.0. The van der Waals surface area contributed by atoms with Gasteiger partial charge in [0.15, 0.2) is 5.82 Å². The third-order valence-electron chi connectivity index (χ3n) is 4.59. The first-order chi connectivity index (χ1) is 14.3. The maximum Gasteiger partial charge on any atom is 0.305 e. The summed E-state index contributed by atoms with van der Waals surface area (Å²) in [6.07, 6.45) is 0.444. The molecule has 1 unspecified atom stereocenters. The molecule has 0 aliphatic carbocycles. The molecule has 9 heteroatoms. The molecule has 0 saturated heterocycles. The van der Waals surface area contributed by atoms with Gasteiger partial charge in [-0.05, 0) is 29.7 Å². The van der Waals surface area contributed by atoms with Crippen LogP contribution in [0.25, 0.3) is 5.69 Å². The zero-order valence-electron chi connectivity index (χ0n) is 16.0. The molecule has 3 rings (SSSR count). The molecule has 30 heavy (non-hydrogen) atoms. The Morgan fingerprint density at radius 1 is 1.13 bits per heavy atom. The number of carbonyl (C=O) groups excluding carboxylic acids is 1. The van der Waals surface area contributed by atoms with Crippen molar-refractivity contribution in [3.8, 4) is 5.69 Å². The Hall–Kier alpha value is -3.75. The summed E-state index contributed by atoms with van der Waals surface area (Å²) < 4.78 is 27.9. The Bertz CT molecular complexity index is 1140. The van der Waals surface area contributed by atoms with Crippen molar-refractivity contribution in [3.63, 3.8) is 0 Å². The van der Waals surface area contributed by atoms with E-state index in [4.69, 9.17) is 0 Å². The van der Waals surface area contributed by atoms with Gasteiger partial charge in [-0.2, -0.15) is 0 Å². The highest BCUT2D eigenvalue weighted by Gasteiger charge is 2.21. The van der Waals surface area contributed by atoms with Gasteiger partial charge < -0.3 is 10.4 Å². The summed E-state index contributed by atoms with van der Waals surface area (Å²) in [5.74, 6) is -3.64. The van der Waals surface area contributed by atoms with E-state index in [0.717, 1.165) is 34.9 Å². The van der Waals surface area contributed by atoms with Gasteiger partial charge in [0.1, 0.15) is 17.2 Å². The maximum absolute atomic E-state index is 14.0. The van der Waals surface area contributed by atoms with E-state index >= 15 is 0 Å². The van der Waals surface area contributed by atoms with Crippen molar-refractivity contribution in [2.75, 3.05) is 0 Å². The van der Waals surface area contributed by atoms with E-state index in [9.17, 15) is 28.3 Å². The molecule has 0 bridgehead atoms. The number of benzene rings is 2. The highest BCUT2D eigenvalue weighted by molar-refractivity contribution is 5.92. The molecule has 1 aromatic heterocycles. The first-order valence-electron chi connectivity index (χ1n) is 9.17. The Labute approximate surface area is 170 Å². The molecular weight excluding hydrogens is 396 g/mol. The summed E-state index contributed by atoms with van der Waals surface area (Å²) in [6.45, 7) is 1.98. The molecule has 3 N–H and O–H groups in total. The number of aromatic nitrogens is 2. The number of nitrogens with one attached hydrogen (secondary N) is 2. The summed E-state index contributed by atoms with van der Waals surface area (Å²) >= 11 is 0. The normalized spacial score (nSPS) is 11.8. The van der Waals surface area contributed by atoms with Crippen molar-refractivity contribution in [1.29, 1.82) is 0 Å². The lowest BCUT2D eigenvalue weighted by molar-refractivity contribution is -0.137. The first-order valence-corrected chi connectivity index (χ1v) is 9.17. The molecule has 1 heterocycles. The predicted octanol–water partition coefficient (Wildman–Crippen LogP) is 2.95. The van der Waals surface area contributed by atoms with Gasteiger partial charge >= 0.3 is 5.97 Å². The van der Waals surface area contributed by atoms with Crippen LogP contribution in [0, 0.1) is 11.6 Å². The average Bonchev–Trinajstić information content (AvgIpc) is 3.09. The Kier molecular flexibility index (Phi) is 6.10. The van der Waals surface area contributed by atoms with E-state index in [1.165, 1.54) is 0 Å². The molecule has 3 aromatic rings. The van der Waals surface area contributed by atoms with Crippen LogP contribution in [0.1, 0.15) is 41.0 Å². The van der Waals surface area contributed by atoms with Gasteiger partial charge in [-0.3, -0.25) is 19.5 Å². The second-order valence-electron chi connectivity index (χ2n) is 6.66.